The van der Waals surface area contributed by atoms with Crippen molar-refractivity contribution in [3.8, 4) is 0 Å². The largest absolute Gasteiger partial charge is 0.462 e. The zero-order valence-electron chi connectivity index (χ0n) is 49.9. The van der Waals surface area contributed by atoms with Crippen LogP contribution in [0.4, 0.5) is 0 Å². The molecule has 0 spiro atoms. The zero-order valence-corrected chi connectivity index (χ0v) is 49.9. The first-order valence-corrected chi connectivity index (χ1v) is 31.7. The number of unbranched alkanes of at least 4 members (excludes halogenated alkanes) is 23. The van der Waals surface area contributed by atoms with Crippen LogP contribution in [0.3, 0.4) is 0 Å². The van der Waals surface area contributed by atoms with Gasteiger partial charge in [-0.05, 0) is 122 Å². The van der Waals surface area contributed by atoms with Crippen LogP contribution in [0.1, 0.15) is 278 Å². The molecule has 0 rings (SSSR count). The number of allylic oxidation sites excluding steroid dienone is 22. The van der Waals surface area contributed by atoms with E-state index in [2.05, 4.69) is 154 Å². The lowest BCUT2D eigenvalue weighted by atomic mass is 10.1. The molecule has 0 aliphatic rings. The molecule has 77 heavy (non-hydrogen) atoms. The van der Waals surface area contributed by atoms with Crippen LogP contribution in [0.15, 0.2) is 134 Å². The second-order valence-corrected chi connectivity index (χ2v) is 20.6. The maximum absolute atomic E-state index is 12.8. The van der Waals surface area contributed by atoms with Gasteiger partial charge >= 0.3 is 17.9 Å². The molecule has 0 saturated carbocycles. The van der Waals surface area contributed by atoms with E-state index in [1.165, 1.54) is 83.5 Å². The first-order chi connectivity index (χ1) is 38.0. The van der Waals surface area contributed by atoms with Gasteiger partial charge in [-0.1, -0.05) is 270 Å². The van der Waals surface area contributed by atoms with Gasteiger partial charge in [-0.2, -0.15) is 0 Å². The molecular formula is C71H116O6. The predicted octanol–water partition coefficient (Wildman–Crippen LogP) is 21.8. The number of ether oxygens (including phenoxy) is 3. The molecule has 0 aromatic carbocycles. The quantitative estimate of drug-likeness (QED) is 0.0261. The Labute approximate surface area is 475 Å². The monoisotopic (exact) mass is 1060 g/mol. The lowest BCUT2D eigenvalue weighted by Crippen LogP contribution is -2.30. The average Bonchev–Trinajstić information content (AvgIpc) is 3.43. The standard InChI is InChI=1S/C71H116O6/c1-4-7-10-13-15-17-19-21-23-25-27-29-31-32-33-34-35-36-37-38-40-41-43-45-47-49-51-53-55-58-61-64-70(73)76-67-68(66-75-69(72)63-60-57-12-9-6-3)77-71(74)65-62-59-56-54-52-50-48-46-44-42-39-30-28-26-24-22-20-18-16-14-11-8-5-2/h7,10,15,17,20-23,26-29,32-33,35-36,38-40,42-43,45,68H,4-6,8-9,11-14,16,18-19,24-25,30-31,34,37,41,44,46-67H2,1-3H3/b10-7-,17-15-,22-20-,23-21-,28-26-,29-27-,33-32-,36-35-,40-38-,42-39-,45-43-. The molecule has 0 aromatic heterocycles. The third-order valence-electron chi connectivity index (χ3n) is 13.1. The summed E-state index contributed by atoms with van der Waals surface area (Å²) in [5, 5.41) is 0. The van der Waals surface area contributed by atoms with Gasteiger partial charge in [0.15, 0.2) is 6.10 Å². The third kappa shape index (κ3) is 62.3. The molecule has 0 radical (unpaired) electrons. The normalized spacial score (nSPS) is 13.0. The van der Waals surface area contributed by atoms with Crippen molar-refractivity contribution in [2.24, 2.45) is 0 Å². The summed E-state index contributed by atoms with van der Waals surface area (Å²) in [5.74, 6) is -0.927. The fourth-order valence-corrected chi connectivity index (χ4v) is 8.41. The van der Waals surface area contributed by atoms with Gasteiger partial charge < -0.3 is 14.2 Å². The van der Waals surface area contributed by atoms with Crippen molar-refractivity contribution in [3.05, 3.63) is 134 Å². The lowest BCUT2D eigenvalue weighted by Gasteiger charge is -2.18. The molecule has 0 fully saturated rings. The minimum Gasteiger partial charge on any atom is -0.462 e. The van der Waals surface area contributed by atoms with Gasteiger partial charge in [0.25, 0.3) is 0 Å². The highest BCUT2D eigenvalue weighted by Gasteiger charge is 2.19. The Morgan fingerprint density at radius 3 is 0.792 bits per heavy atom. The number of esters is 3. The van der Waals surface area contributed by atoms with E-state index in [4.69, 9.17) is 14.2 Å². The fourth-order valence-electron chi connectivity index (χ4n) is 8.41. The molecule has 0 aromatic rings. The van der Waals surface area contributed by atoms with Gasteiger partial charge in [0.2, 0.25) is 0 Å². The van der Waals surface area contributed by atoms with Crippen molar-refractivity contribution in [2.75, 3.05) is 13.2 Å². The Kier molecular flexibility index (Phi) is 60.4. The van der Waals surface area contributed by atoms with Gasteiger partial charge in [0.1, 0.15) is 13.2 Å². The van der Waals surface area contributed by atoms with E-state index in [0.29, 0.717) is 19.3 Å². The second-order valence-electron chi connectivity index (χ2n) is 20.6. The molecule has 6 heteroatoms. The van der Waals surface area contributed by atoms with Crippen LogP contribution in [0.2, 0.25) is 0 Å². The summed E-state index contributed by atoms with van der Waals surface area (Å²) in [5.41, 5.74) is 0. The van der Waals surface area contributed by atoms with Crippen molar-refractivity contribution < 1.29 is 28.6 Å². The van der Waals surface area contributed by atoms with Crippen molar-refractivity contribution in [1.82, 2.24) is 0 Å². The number of hydrogen-bond donors (Lipinski definition) is 0. The van der Waals surface area contributed by atoms with E-state index in [1.807, 2.05) is 0 Å². The van der Waals surface area contributed by atoms with Gasteiger partial charge in [-0.25, -0.2) is 0 Å². The molecule has 0 aliphatic carbocycles. The van der Waals surface area contributed by atoms with E-state index < -0.39 is 6.10 Å². The highest BCUT2D eigenvalue weighted by molar-refractivity contribution is 5.71. The fraction of sp³-hybridized carbons (Fsp3) is 0.648. The minimum atomic E-state index is -0.790. The Hall–Kier alpha value is -4.45. The van der Waals surface area contributed by atoms with Crippen LogP contribution in [0.5, 0.6) is 0 Å². The van der Waals surface area contributed by atoms with Crippen LogP contribution < -0.4 is 0 Å². The maximum atomic E-state index is 12.8. The van der Waals surface area contributed by atoms with E-state index in [-0.39, 0.29) is 31.1 Å². The van der Waals surface area contributed by atoms with E-state index in [9.17, 15) is 14.4 Å². The van der Waals surface area contributed by atoms with E-state index >= 15 is 0 Å². The van der Waals surface area contributed by atoms with Gasteiger partial charge in [-0.3, -0.25) is 14.4 Å². The van der Waals surface area contributed by atoms with Crippen LogP contribution in [0, 0.1) is 0 Å². The summed E-state index contributed by atoms with van der Waals surface area (Å²) in [4.78, 5) is 37.9. The molecule has 6 nitrogen and oxygen atoms in total. The second kappa shape index (κ2) is 64.1. The molecule has 0 saturated heterocycles. The Morgan fingerprint density at radius 2 is 0.506 bits per heavy atom. The summed E-state index contributed by atoms with van der Waals surface area (Å²) in [6.45, 7) is 6.41. The summed E-state index contributed by atoms with van der Waals surface area (Å²) in [7, 11) is 0. The van der Waals surface area contributed by atoms with Crippen molar-refractivity contribution in [1.29, 1.82) is 0 Å². The predicted molar refractivity (Wildman–Crippen MR) is 334 cm³/mol. The number of carbonyl (C=O) groups excluding carboxylic acids is 3. The molecule has 0 amide bonds. The first kappa shape index (κ1) is 72.5. The highest BCUT2D eigenvalue weighted by atomic mass is 16.6. The van der Waals surface area contributed by atoms with Crippen LogP contribution in [-0.2, 0) is 28.6 Å². The van der Waals surface area contributed by atoms with Gasteiger partial charge in [-0.15, -0.1) is 0 Å². The molecule has 0 aliphatic heterocycles. The van der Waals surface area contributed by atoms with Gasteiger partial charge in [0, 0.05) is 19.3 Å². The number of carbonyl (C=O) groups is 3. The zero-order chi connectivity index (χ0) is 55.7. The minimum absolute atomic E-state index is 0.0895. The first-order valence-electron chi connectivity index (χ1n) is 31.7. The Morgan fingerprint density at radius 1 is 0.273 bits per heavy atom. The third-order valence-corrected chi connectivity index (χ3v) is 13.1. The summed E-state index contributed by atoms with van der Waals surface area (Å²) < 4.78 is 16.7. The highest BCUT2D eigenvalue weighted by Crippen LogP contribution is 2.14. The van der Waals surface area contributed by atoms with E-state index in [1.54, 1.807) is 0 Å². The average molecular weight is 1070 g/mol. The van der Waals surface area contributed by atoms with Crippen molar-refractivity contribution >= 4 is 17.9 Å². The summed E-state index contributed by atoms with van der Waals surface area (Å²) in [6, 6.07) is 0. The molecular weight excluding hydrogens is 949 g/mol. The Balaban J connectivity index is 4.14. The van der Waals surface area contributed by atoms with Crippen molar-refractivity contribution in [3.63, 3.8) is 0 Å². The number of rotatable bonds is 56. The van der Waals surface area contributed by atoms with Crippen LogP contribution in [0.25, 0.3) is 0 Å². The lowest BCUT2D eigenvalue weighted by molar-refractivity contribution is -0.167. The Bertz CT molecular complexity index is 1650. The van der Waals surface area contributed by atoms with Crippen molar-refractivity contribution in [2.45, 2.75) is 284 Å². The summed E-state index contributed by atoms with van der Waals surface area (Å²) >= 11 is 0. The molecule has 0 heterocycles. The SMILES string of the molecule is CC/C=C\C/C=C\C/C=C\C/C=C\C/C=C\C/C=C\C/C=C\C/C=C\CCCCCCCCC(=O)OCC(COC(=O)CCCCCCC)OC(=O)CCCCCCCCCC/C=C\C/C=C\C/C=C\CCCCCCC. The van der Waals surface area contributed by atoms with Crippen LogP contribution in [-0.4, -0.2) is 37.2 Å². The van der Waals surface area contributed by atoms with Crippen LogP contribution >= 0.6 is 0 Å². The molecule has 0 N–H and O–H groups in total. The molecule has 0 bridgehead atoms. The topological polar surface area (TPSA) is 78.9 Å². The van der Waals surface area contributed by atoms with Gasteiger partial charge in [0.05, 0.1) is 0 Å². The molecule has 436 valence electrons. The van der Waals surface area contributed by atoms with E-state index in [0.717, 1.165) is 154 Å². The molecule has 1 atom stereocenters. The smallest absolute Gasteiger partial charge is 0.306 e. The summed E-state index contributed by atoms with van der Waals surface area (Å²) in [6.07, 6.45) is 90.7. The molecule has 1 unspecified atom stereocenters. The number of hydrogen-bond acceptors (Lipinski definition) is 6. The maximum Gasteiger partial charge on any atom is 0.306 e.